The maximum Gasteiger partial charge on any atom is 0.323 e. The summed E-state index contributed by atoms with van der Waals surface area (Å²) < 4.78 is 5.15. The van der Waals surface area contributed by atoms with E-state index in [0.717, 1.165) is 19.4 Å². The number of ether oxygens (including phenoxy) is 1. The molecule has 1 saturated carbocycles. The van der Waals surface area contributed by atoms with E-state index in [9.17, 15) is 4.79 Å². The zero-order chi connectivity index (χ0) is 8.39. The maximum atomic E-state index is 11.3. The molecule has 0 spiro atoms. The Morgan fingerprint density at radius 2 is 2.25 bits per heavy atom. The summed E-state index contributed by atoms with van der Waals surface area (Å²) >= 11 is 0. The Morgan fingerprint density at radius 1 is 1.42 bits per heavy atom. The zero-order valence-electron chi connectivity index (χ0n) is 7.21. The number of rotatable bonds is 3. The summed E-state index contributed by atoms with van der Waals surface area (Å²) in [5.74, 6) is 0.634. The van der Waals surface area contributed by atoms with Crippen LogP contribution < -0.4 is 5.32 Å². The lowest BCUT2D eigenvalue weighted by atomic mass is 10.2. The lowest BCUT2D eigenvalue weighted by Crippen LogP contribution is -2.32. The molecule has 3 nitrogen and oxygen atoms in total. The van der Waals surface area contributed by atoms with E-state index in [0.29, 0.717) is 12.5 Å². The van der Waals surface area contributed by atoms with Crippen LogP contribution in [0, 0.1) is 5.92 Å². The minimum atomic E-state index is -0.0422. The number of nitrogens with one attached hydrogen (secondary N) is 1. The minimum Gasteiger partial charge on any atom is -0.464 e. The highest BCUT2D eigenvalue weighted by Crippen LogP contribution is 2.29. The van der Waals surface area contributed by atoms with Crippen LogP contribution in [0.4, 0.5) is 0 Å². The summed E-state index contributed by atoms with van der Waals surface area (Å²) in [7, 11) is 0. The third kappa shape index (κ3) is 1.97. The number of hydrogen-bond donors (Lipinski definition) is 1. The molecule has 3 heteroatoms. The molecular weight excluding hydrogens is 154 g/mol. The van der Waals surface area contributed by atoms with Gasteiger partial charge in [-0.1, -0.05) is 0 Å². The van der Waals surface area contributed by atoms with Gasteiger partial charge in [0.15, 0.2) is 0 Å². The predicted molar refractivity (Wildman–Crippen MR) is 44.7 cm³/mol. The molecule has 1 aliphatic carbocycles. The summed E-state index contributed by atoms with van der Waals surface area (Å²) in [6, 6.07) is -0.0104. The molecule has 1 aliphatic heterocycles. The molecule has 68 valence electrons. The highest BCUT2D eigenvalue weighted by Gasteiger charge is 2.27. The number of carbonyl (C=O) groups excluding carboxylic acids is 1. The average molecular weight is 169 g/mol. The fraction of sp³-hybridized carbons (Fsp3) is 0.889. The number of esters is 1. The normalized spacial score (nSPS) is 28.8. The van der Waals surface area contributed by atoms with E-state index in [1.54, 1.807) is 0 Å². The maximum absolute atomic E-state index is 11.3. The number of carbonyl (C=O) groups is 1. The molecule has 0 bridgehead atoms. The molecular formula is C9H15NO2. The molecule has 0 aromatic heterocycles. The summed E-state index contributed by atoms with van der Waals surface area (Å²) in [4.78, 5) is 11.3. The van der Waals surface area contributed by atoms with Gasteiger partial charge in [0, 0.05) is 0 Å². The van der Waals surface area contributed by atoms with Crippen molar-refractivity contribution in [3.63, 3.8) is 0 Å². The molecule has 1 unspecified atom stereocenters. The van der Waals surface area contributed by atoms with Crippen LogP contribution in [0.2, 0.25) is 0 Å². The highest BCUT2D eigenvalue weighted by molar-refractivity contribution is 5.76. The molecule has 1 atom stereocenters. The van der Waals surface area contributed by atoms with Crippen molar-refractivity contribution in [2.24, 2.45) is 5.92 Å². The van der Waals surface area contributed by atoms with Crippen LogP contribution in [0.25, 0.3) is 0 Å². The highest BCUT2D eigenvalue weighted by atomic mass is 16.5. The molecule has 2 fully saturated rings. The molecule has 12 heavy (non-hydrogen) atoms. The van der Waals surface area contributed by atoms with Crippen LogP contribution in [-0.4, -0.2) is 25.2 Å². The fourth-order valence-corrected chi connectivity index (χ4v) is 1.47. The van der Waals surface area contributed by atoms with E-state index < -0.39 is 0 Å². The van der Waals surface area contributed by atoms with E-state index in [1.807, 2.05) is 0 Å². The topological polar surface area (TPSA) is 38.3 Å². The van der Waals surface area contributed by atoms with Gasteiger partial charge in [-0.05, 0) is 38.1 Å². The van der Waals surface area contributed by atoms with Crippen molar-refractivity contribution in [1.82, 2.24) is 5.32 Å². The summed E-state index contributed by atoms with van der Waals surface area (Å²) in [6.07, 6.45) is 4.53. The van der Waals surface area contributed by atoms with Gasteiger partial charge < -0.3 is 10.1 Å². The van der Waals surface area contributed by atoms with Crippen LogP contribution >= 0.6 is 0 Å². The lowest BCUT2D eigenvalue weighted by molar-refractivity contribution is -0.146. The molecule has 1 heterocycles. The summed E-state index contributed by atoms with van der Waals surface area (Å²) in [5.41, 5.74) is 0. The molecule has 0 amide bonds. The van der Waals surface area contributed by atoms with Crippen molar-refractivity contribution in [1.29, 1.82) is 0 Å². The van der Waals surface area contributed by atoms with Gasteiger partial charge >= 0.3 is 5.97 Å². The molecule has 0 aromatic rings. The summed E-state index contributed by atoms with van der Waals surface area (Å²) in [5, 5.41) is 3.13. The molecule has 0 radical (unpaired) electrons. The fourth-order valence-electron chi connectivity index (χ4n) is 1.47. The van der Waals surface area contributed by atoms with Gasteiger partial charge in [-0.15, -0.1) is 0 Å². The quantitative estimate of drug-likeness (QED) is 0.632. The van der Waals surface area contributed by atoms with Gasteiger partial charge in [0.25, 0.3) is 0 Å². The van der Waals surface area contributed by atoms with Crippen molar-refractivity contribution >= 4 is 5.97 Å². The SMILES string of the molecule is O=C(OCC1CC1)C1CCCN1. The van der Waals surface area contributed by atoms with Crippen molar-refractivity contribution in [2.45, 2.75) is 31.7 Å². The second-order valence-corrected chi connectivity index (χ2v) is 3.72. The first kappa shape index (κ1) is 8.05. The Bertz CT molecular complexity index is 171. The smallest absolute Gasteiger partial charge is 0.323 e. The monoisotopic (exact) mass is 169 g/mol. The Morgan fingerprint density at radius 3 is 2.83 bits per heavy atom. The minimum absolute atomic E-state index is 0.0104. The standard InChI is InChI=1S/C9H15NO2/c11-9(8-2-1-5-10-8)12-6-7-3-4-7/h7-8,10H,1-6H2. The van der Waals surface area contributed by atoms with Crippen molar-refractivity contribution in [3.05, 3.63) is 0 Å². The third-order valence-electron chi connectivity index (χ3n) is 2.50. The Balaban J connectivity index is 1.67. The molecule has 0 aromatic carbocycles. The van der Waals surface area contributed by atoms with Gasteiger partial charge in [-0.25, -0.2) is 0 Å². The first-order valence-corrected chi connectivity index (χ1v) is 4.76. The first-order chi connectivity index (χ1) is 5.86. The van der Waals surface area contributed by atoms with Crippen LogP contribution in [0.15, 0.2) is 0 Å². The molecule has 1 saturated heterocycles. The zero-order valence-corrected chi connectivity index (χ0v) is 7.21. The molecule has 2 aliphatic rings. The van der Waals surface area contributed by atoms with Crippen molar-refractivity contribution in [2.75, 3.05) is 13.2 Å². The lowest BCUT2D eigenvalue weighted by Gasteiger charge is -2.09. The largest absolute Gasteiger partial charge is 0.464 e. The first-order valence-electron chi connectivity index (χ1n) is 4.76. The van der Waals surface area contributed by atoms with Gasteiger partial charge in [0.05, 0.1) is 6.61 Å². The second-order valence-electron chi connectivity index (χ2n) is 3.72. The molecule has 2 rings (SSSR count). The van der Waals surface area contributed by atoms with Gasteiger partial charge in [0.1, 0.15) is 6.04 Å². The van der Waals surface area contributed by atoms with Crippen molar-refractivity contribution in [3.8, 4) is 0 Å². The van der Waals surface area contributed by atoms with E-state index in [-0.39, 0.29) is 12.0 Å². The Labute approximate surface area is 72.5 Å². The molecule has 1 N–H and O–H groups in total. The average Bonchev–Trinajstić information content (AvgIpc) is 2.74. The van der Waals surface area contributed by atoms with E-state index in [2.05, 4.69) is 5.32 Å². The number of hydrogen-bond acceptors (Lipinski definition) is 3. The van der Waals surface area contributed by atoms with Crippen LogP contribution in [0.3, 0.4) is 0 Å². The Kier molecular flexibility index (Phi) is 2.30. The summed E-state index contributed by atoms with van der Waals surface area (Å²) in [6.45, 7) is 1.61. The Hall–Kier alpha value is -0.570. The second kappa shape index (κ2) is 3.44. The van der Waals surface area contributed by atoms with Crippen LogP contribution in [0.5, 0.6) is 0 Å². The van der Waals surface area contributed by atoms with E-state index in [4.69, 9.17) is 4.74 Å². The van der Waals surface area contributed by atoms with E-state index >= 15 is 0 Å². The van der Waals surface area contributed by atoms with Crippen molar-refractivity contribution < 1.29 is 9.53 Å². The van der Waals surface area contributed by atoms with Gasteiger partial charge in [-0.2, -0.15) is 0 Å². The van der Waals surface area contributed by atoms with Crippen LogP contribution in [-0.2, 0) is 9.53 Å². The van der Waals surface area contributed by atoms with Gasteiger partial charge in [0.2, 0.25) is 0 Å². The van der Waals surface area contributed by atoms with E-state index in [1.165, 1.54) is 12.8 Å². The van der Waals surface area contributed by atoms with Crippen LogP contribution in [0.1, 0.15) is 25.7 Å². The third-order valence-corrected chi connectivity index (χ3v) is 2.50. The predicted octanol–water partition coefficient (Wildman–Crippen LogP) is 0.692. The van der Waals surface area contributed by atoms with Gasteiger partial charge in [-0.3, -0.25) is 4.79 Å².